The molecule has 2 aliphatic heterocycles. The Bertz CT molecular complexity index is 1060. The lowest BCUT2D eigenvalue weighted by molar-refractivity contribution is -0.187. The lowest BCUT2D eigenvalue weighted by Gasteiger charge is -2.51. The van der Waals surface area contributed by atoms with Crippen LogP contribution in [-0.2, 0) is 28.7 Å². The summed E-state index contributed by atoms with van der Waals surface area (Å²) in [6.07, 6.45) is 0. The fraction of sp³-hybridized carbons (Fsp3) is 0.312. The quantitative estimate of drug-likeness (QED) is 0.276. The molecular weight excluding hydrogens is 469 g/mol. The summed E-state index contributed by atoms with van der Waals surface area (Å²) in [6.45, 7) is 1.10. The van der Waals surface area contributed by atoms with Crippen LogP contribution in [0.25, 0.3) is 0 Å². The third-order valence-electron chi connectivity index (χ3n) is 4.11. The van der Waals surface area contributed by atoms with Crippen molar-refractivity contribution < 1.29 is 50.1 Å². The smallest absolute Gasteiger partial charge is 0.476 e. The Kier molecular flexibility index (Phi) is 5.84. The average Bonchev–Trinajstić information content (AvgIpc) is 2.66. The third-order valence-corrected chi connectivity index (χ3v) is 6.34. The predicted molar refractivity (Wildman–Crippen MR) is 97.2 cm³/mol. The normalized spacial score (nSPS) is 21.2. The fourth-order valence-corrected chi connectivity index (χ4v) is 4.67. The van der Waals surface area contributed by atoms with E-state index in [0.29, 0.717) is 16.7 Å². The maximum atomic E-state index is 12.7. The van der Waals surface area contributed by atoms with Gasteiger partial charge in [-0.15, -0.1) is 11.8 Å². The molecule has 0 aromatic heterocycles. The zero-order valence-electron chi connectivity index (χ0n) is 15.4. The number of benzene rings is 1. The van der Waals surface area contributed by atoms with Crippen molar-refractivity contribution >= 4 is 39.7 Å². The van der Waals surface area contributed by atoms with E-state index in [1.165, 1.54) is 12.1 Å². The van der Waals surface area contributed by atoms with E-state index in [0.717, 1.165) is 12.0 Å². The maximum absolute atomic E-state index is 12.7. The van der Waals surface area contributed by atoms with Gasteiger partial charge in [-0.05, 0) is 12.1 Å². The monoisotopic (exact) mass is 482 g/mol. The van der Waals surface area contributed by atoms with Gasteiger partial charge in [0.25, 0.3) is 11.8 Å². The summed E-state index contributed by atoms with van der Waals surface area (Å²) in [7, 11) is -6.14. The molecular formula is C16H13F3N2O8S2. The summed E-state index contributed by atoms with van der Waals surface area (Å²) < 4.78 is 64.4. The number of carbonyl (C=O) groups is 3. The van der Waals surface area contributed by atoms with Gasteiger partial charge in [-0.2, -0.15) is 26.7 Å². The molecule has 0 bridgehead atoms. The number of hydrogen-bond donors (Lipinski definition) is 1. The minimum atomic E-state index is -6.14. The summed E-state index contributed by atoms with van der Waals surface area (Å²) >= 11 is 0.715. The van der Waals surface area contributed by atoms with Crippen LogP contribution in [0.3, 0.4) is 0 Å². The number of β-lactam (4-membered cyclic amide) rings is 1. The van der Waals surface area contributed by atoms with Crippen molar-refractivity contribution in [3.8, 4) is 5.75 Å². The van der Waals surface area contributed by atoms with Gasteiger partial charge in [-0.25, -0.2) is 4.79 Å². The van der Waals surface area contributed by atoms with Crippen LogP contribution >= 0.6 is 11.8 Å². The number of thioether (sulfide) groups is 1. The molecule has 1 saturated heterocycles. The highest BCUT2D eigenvalue weighted by atomic mass is 32.2. The molecule has 31 heavy (non-hydrogen) atoms. The topological polar surface area (TPSA) is 131 Å². The summed E-state index contributed by atoms with van der Waals surface area (Å²) in [5.74, 6) is -5.02. The van der Waals surface area contributed by atoms with Gasteiger partial charge in [0.15, 0.2) is 23.2 Å². The molecule has 1 aromatic rings. The second-order valence-corrected chi connectivity index (χ2v) is 8.81. The lowest BCUT2D eigenvalue weighted by Crippen LogP contribution is -2.71. The van der Waals surface area contributed by atoms with Crippen molar-refractivity contribution in [3.63, 3.8) is 0 Å². The summed E-state index contributed by atoms with van der Waals surface area (Å²) in [4.78, 5) is 42.3. The van der Waals surface area contributed by atoms with Gasteiger partial charge >= 0.3 is 21.6 Å². The molecule has 0 unspecified atom stereocenters. The summed E-state index contributed by atoms with van der Waals surface area (Å²) in [5, 5.41) is 9.07. The number of amides is 2. The Morgan fingerprint density at radius 3 is 2.39 bits per heavy atom. The number of halogens is 3. The highest BCUT2D eigenvalue weighted by Crippen LogP contribution is 2.44. The van der Waals surface area contributed by atoms with E-state index in [1.54, 1.807) is 18.2 Å². The molecule has 0 saturated carbocycles. The third kappa shape index (κ3) is 4.14. The van der Waals surface area contributed by atoms with E-state index in [4.69, 9.17) is 4.84 Å². The Balaban J connectivity index is 1.91. The number of nitrogens with zero attached hydrogens (tertiary/aromatic N) is 2. The largest absolute Gasteiger partial charge is 0.534 e. The minimum absolute atomic E-state index is 0.207. The molecule has 2 aliphatic rings. The van der Waals surface area contributed by atoms with Gasteiger partial charge in [-0.1, -0.05) is 18.2 Å². The summed E-state index contributed by atoms with van der Waals surface area (Å²) in [5.41, 5.74) is -6.84. The van der Waals surface area contributed by atoms with Crippen LogP contribution in [0.2, 0.25) is 0 Å². The average molecular weight is 482 g/mol. The molecule has 1 aromatic carbocycles. The highest BCUT2D eigenvalue weighted by Gasteiger charge is 2.59. The van der Waals surface area contributed by atoms with Gasteiger partial charge in [0.2, 0.25) is 0 Å². The van der Waals surface area contributed by atoms with Gasteiger partial charge in [0.1, 0.15) is 5.37 Å². The molecule has 1 N–H and O–H groups in total. The van der Waals surface area contributed by atoms with Crippen LogP contribution in [0, 0.1) is 0 Å². The zero-order valence-corrected chi connectivity index (χ0v) is 17.0. The molecule has 2 heterocycles. The number of carboxylic acids is 1. The Hall–Kier alpha value is -2.94. The van der Waals surface area contributed by atoms with Crippen molar-refractivity contribution in [1.82, 2.24) is 9.96 Å². The van der Waals surface area contributed by atoms with Crippen molar-refractivity contribution in [1.29, 1.82) is 0 Å². The number of hydroxylamine groups is 2. The first kappa shape index (κ1) is 22.7. The lowest BCUT2D eigenvalue weighted by atomic mass is 10.0. The van der Waals surface area contributed by atoms with Crippen LogP contribution in [0.4, 0.5) is 13.2 Å². The van der Waals surface area contributed by atoms with E-state index in [1.807, 2.05) is 0 Å². The molecule has 15 heteroatoms. The van der Waals surface area contributed by atoms with Crippen molar-refractivity contribution in [2.75, 3.05) is 5.75 Å². The van der Waals surface area contributed by atoms with E-state index < -0.39 is 62.0 Å². The van der Waals surface area contributed by atoms with Crippen LogP contribution in [0.15, 0.2) is 41.8 Å². The van der Waals surface area contributed by atoms with Gasteiger partial charge in [-0.3, -0.25) is 14.5 Å². The number of rotatable bonds is 6. The summed E-state index contributed by atoms with van der Waals surface area (Å²) in [6, 6.07) is 6.60. The Morgan fingerprint density at radius 2 is 1.87 bits per heavy atom. The van der Waals surface area contributed by atoms with Crippen molar-refractivity contribution in [2.45, 2.75) is 23.8 Å². The molecule has 1 fully saturated rings. The highest BCUT2D eigenvalue weighted by molar-refractivity contribution is 8.00. The molecule has 0 spiro atoms. The van der Waals surface area contributed by atoms with Crippen LogP contribution < -0.4 is 4.84 Å². The molecule has 2 atom stereocenters. The number of alkyl halides is 3. The number of para-hydroxylation sites is 1. The van der Waals surface area contributed by atoms with E-state index >= 15 is 0 Å². The van der Waals surface area contributed by atoms with E-state index in [-0.39, 0.29) is 5.75 Å². The maximum Gasteiger partial charge on any atom is 0.534 e. The number of aliphatic carboxylic acids is 1. The second kappa shape index (κ2) is 7.96. The molecule has 0 aliphatic carbocycles. The number of carbonyl (C=O) groups excluding carboxylic acids is 2. The predicted octanol–water partition coefficient (Wildman–Crippen LogP) is 1.28. The molecule has 0 radical (unpaired) electrons. The first-order valence-corrected chi connectivity index (χ1v) is 10.8. The standard InChI is InChI=1S/C16H13F3N2O8S2/c1-8(22)21(28-9-5-3-2-4-6-9)12-13(23)20-11(15(24)25)10(7-30-14(12)20)29-31(26,27)16(17,18)19/h2-6,12,14H,7H2,1H3,(H,24,25)/t12-,14-/m1/s1. The second-order valence-electron chi connectivity index (χ2n) is 6.16. The Morgan fingerprint density at radius 1 is 1.26 bits per heavy atom. The molecule has 3 rings (SSSR count). The zero-order chi connectivity index (χ0) is 23.1. The first-order valence-electron chi connectivity index (χ1n) is 8.30. The van der Waals surface area contributed by atoms with Crippen LogP contribution in [0.1, 0.15) is 6.92 Å². The van der Waals surface area contributed by atoms with E-state index in [2.05, 4.69) is 4.18 Å². The van der Waals surface area contributed by atoms with Crippen molar-refractivity contribution in [3.05, 3.63) is 41.8 Å². The molecule has 2 amide bonds. The molecule has 168 valence electrons. The molecule has 10 nitrogen and oxygen atoms in total. The van der Waals surface area contributed by atoms with Gasteiger partial charge in [0.05, 0.1) is 5.75 Å². The fourth-order valence-electron chi connectivity index (χ4n) is 2.81. The van der Waals surface area contributed by atoms with Crippen LogP contribution in [0.5, 0.6) is 5.75 Å². The van der Waals surface area contributed by atoms with E-state index in [9.17, 15) is 41.1 Å². The minimum Gasteiger partial charge on any atom is -0.476 e. The number of carboxylic acid groups (broad SMARTS) is 1. The van der Waals surface area contributed by atoms with Gasteiger partial charge in [0, 0.05) is 6.92 Å². The number of fused-ring (bicyclic) bond motifs is 1. The number of hydrogen-bond acceptors (Lipinski definition) is 8. The van der Waals surface area contributed by atoms with Gasteiger partial charge < -0.3 is 14.1 Å². The SMILES string of the molecule is CC(=O)N(Oc1ccccc1)[C@@H]1C(=O)N2C(C(=O)O)=C(OS(=O)(=O)C(F)(F)F)CS[C@H]12. The van der Waals surface area contributed by atoms with Crippen molar-refractivity contribution in [2.24, 2.45) is 0 Å². The Labute approximate surface area is 177 Å². The van der Waals surface area contributed by atoms with Crippen LogP contribution in [-0.4, -0.2) is 63.9 Å². The first-order chi connectivity index (χ1) is 14.3.